The zero-order chi connectivity index (χ0) is 11.8. The lowest BCUT2D eigenvalue weighted by atomic mass is 9.74. The minimum absolute atomic E-state index is 0.0435. The molecule has 0 spiro atoms. The van der Waals surface area contributed by atoms with Gasteiger partial charge in [-0.05, 0) is 38.5 Å². The normalized spacial score (nSPS) is 37.7. The molecule has 92 valence electrons. The monoisotopic (exact) mass is 226 g/mol. The summed E-state index contributed by atoms with van der Waals surface area (Å²) in [5.74, 6) is 0.733. The van der Waals surface area contributed by atoms with Crippen molar-refractivity contribution in [2.24, 2.45) is 11.8 Å². The number of ether oxygens (including phenoxy) is 1. The highest BCUT2D eigenvalue weighted by atomic mass is 16.6. The Morgan fingerprint density at radius 1 is 1.50 bits per heavy atom. The molecule has 1 aliphatic carbocycles. The molecule has 0 aromatic rings. The van der Waals surface area contributed by atoms with Gasteiger partial charge in [0, 0.05) is 5.92 Å². The van der Waals surface area contributed by atoms with Crippen molar-refractivity contribution in [1.82, 2.24) is 0 Å². The Bertz CT molecular complexity index is 272. The largest absolute Gasteiger partial charge is 0.462 e. The van der Waals surface area contributed by atoms with Crippen molar-refractivity contribution in [1.29, 1.82) is 0 Å². The van der Waals surface area contributed by atoms with E-state index in [0.717, 1.165) is 25.7 Å². The number of aliphatic hydroxyl groups is 1. The minimum atomic E-state index is -0.610. The van der Waals surface area contributed by atoms with E-state index < -0.39 is 5.60 Å². The molecule has 1 saturated carbocycles. The number of carbonyl (C=O) groups is 1. The molecule has 0 aromatic heterocycles. The van der Waals surface area contributed by atoms with Crippen LogP contribution in [0.15, 0.2) is 0 Å². The van der Waals surface area contributed by atoms with Crippen molar-refractivity contribution < 1.29 is 14.6 Å². The summed E-state index contributed by atoms with van der Waals surface area (Å²) in [6.45, 7) is 3.88. The van der Waals surface area contributed by atoms with Crippen LogP contribution in [0.5, 0.6) is 0 Å². The fourth-order valence-corrected chi connectivity index (χ4v) is 3.11. The maximum atomic E-state index is 11.3. The number of esters is 1. The van der Waals surface area contributed by atoms with Gasteiger partial charge in [-0.25, -0.2) is 0 Å². The molecule has 0 radical (unpaired) electrons. The van der Waals surface area contributed by atoms with Gasteiger partial charge in [-0.15, -0.1) is 0 Å². The van der Waals surface area contributed by atoms with Crippen molar-refractivity contribution in [3.8, 4) is 0 Å². The van der Waals surface area contributed by atoms with E-state index in [1.807, 2.05) is 13.8 Å². The molecule has 16 heavy (non-hydrogen) atoms. The zero-order valence-electron chi connectivity index (χ0n) is 10.2. The summed E-state index contributed by atoms with van der Waals surface area (Å²) in [7, 11) is 0. The van der Waals surface area contributed by atoms with E-state index in [-0.39, 0.29) is 12.1 Å². The standard InChI is InChI=1S/C13H22O3/c1-3-13(2,15)8-10-6-4-5-9-7-11(14)16-12(9)10/h9-10,12,15H,3-8H2,1-2H3/t9-,10+,12+,13?/m0/s1. The molecular formula is C13H22O3. The van der Waals surface area contributed by atoms with Crippen LogP contribution in [0, 0.1) is 11.8 Å². The first-order chi connectivity index (χ1) is 7.52. The first-order valence-electron chi connectivity index (χ1n) is 6.43. The van der Waals surface area contributed by atoms with Crippen LogP contribution in [0.25, 0.3) is 0 Å². The molecule has 3 heteroatoms. The molecule has 1 saturated heterocycles. The number of hydrogen-bond acceptors (Lipinski definition) is 3. The van der Waals surface area contributed by atoms with Crippen LogP contribution in [0.1, 0.15) is 52.4 Å². The Morgan fingerprint density at radius 2 is 2.25 bits per heavy atom. The third-order valence-corrected chi connectivity index (χ3v) is 4.24. The Hall–Kier alpha value is -0.570. The van der Waals surface area contributed by atoms with E-state index in [9.17, 15) is 9.90 Å². The van der Waals surface area contributed by atoms with E-state index in [1.54, 1.807) is 0 Å². The van der Waals surface area contributed by atoms with E-state index in [0.29, 0.717) is 18.3 Å². The second kappa shape index (κ2) is 4.36. The summed E-state index contributed by atoms with van der Waals surface area (Å²) in [4.78, 5) is 11.3. The quantitative estimate of drug-likeness (QED) is 0.751. The predicted octanol–water partition coefficient (Wildman–Crippen LogP) is 2.27. The Balaban J connectivity index is 2.01. The lowest BCUT2D eigenvalue weighted by Crippen LogP contribution is -2.37. The fraction of sp³-hybridized carbons (Fsp3) is 0.923. The van der Waals surface area contributed by atoms with Crippen LogP contribution in [0.4, 0.5) is 0 Å². The van der Waals surface area contributed by atoms with Gasteiger partial charge in [-0.2, -0.15) is 0 Å². The zero-order valence-corrected chi connectivity index (χ0v) is 10.2. The first-order valence-corrected chi connectivity index (χ1v) is 6.43. The molecule has 2 rings (SSSR count). The SMILES string of the molecule is CCC(C)(O)C[C@H]1CCC[C@H]2CC(=O)O[C@@H]12. The van der Waals surface area contributed by atoms with Crippen molar-refractivity contribution in [3.05, 3.63) is 0 Å². The molecule has 1 aliphatic heterocycles. The second-order valence-corrected chi connectivity index (χ2v) is 5.66. The average molecular weight is 226 g/mol. The van der Waals surface area contributed by atoms with Crippen molar-refractivity contribution in [2.45, 2.75) is 64.1 Å². The predicted molar refractivity (Wildman–Crippen MR) is 60.9 cm³/mol. The average Bonchev–Trinajstić information content (AvgIpc) is 2.59. The van der Waals surface area contributed by atoms with Gasteiger partial charge >= 0.3 is 5.97 Å². The molecule has 1 heterocycles. The Morgan fingerprint density at radius 3 is 2.94 bits per heavy atom. The van der Waals surface area contributed by atoms with Gasteiger partial charge in [-0.3, -0.25) is 4.79 Å². The molecule has 3 nitrogen and oxygen atoms in total. The Kier molecular flexibility index (Phi) is 3.24. The maximum Gasteiger partial charge on any atom is 0.306 e. The van der Waals surface area contributed by atoms with Crippen LogP contribution in [-0.4, -0.2) is 22.8 Å². The van der Waals surface area contributed by atoms with Crippen LogP contribution in [0.3, 0.4) is 0 Å². The van der Waals surface area contributed by atoms with E-state index in [1.165, 1.54) is 6.42 Å². The van der Waals surface area contributed by atoms with Crippen molar-refractivity contribution in [2.75, 3.05) is 0 Å². The highest BCUT2D eigenvalue weighted by Gasteiger charge is 2.43. The number of carbonyl (C=O) groups excluding carboxylic acids is 1. The molecule has 2 aliphatic rings. The highest BCUT2D eigenvalue weighted by molar-refractivity contribution is 5.72. The summed E-state index contributed by atoms with van der Waals surface area (Å²) in [5.41, 5.74) is -0.610. The van der Waals surface area contributed by atoms with Crippen LogP contribution >= 0.6 is 0 Å². The summed E-state index contributed by atoms with van der Waals surface area (Å²) < 4.78 is 5.42. The topological polar surface area (TPSA) is 46.5 Å². The maximum absolute atomic E-state index is 11.3. The van der Waals surface area contributed by atoms with Gasteiger partial charge in [-0.1, -0.05) is 13.3 Å². The summed E-state index contributed by atoms with van der Waals surface area (Å²) in [5, 5.41) is 10.1. The number of hydrogen-bond donors (Lipinski definition) is 1. The van der Waals surface area contributed by atoms with Crippen LogP contribution < -0.4 is 0 Å². The van der Waals surface area contributed by atoms with Crippen LogP contribution in [-0.2, 0) is 9.53 Å². The molecule has 0 bridgehead atoms. The minimum Gasteiger partial charge on any atom is -0.462 e. The smallest absolute Gasteiger partial charge is 0.306 e. The molecule has 1 N–H and O–H groups in total. The summed E-state index contributed by atoms with van der Waals surface area (Å²) in [6, 6.07) is 0. The third-order valence-electron chi connectivity index (χ3n) is 4.24. The van der Waals surface area contributed by atoms with Gasteiger partial charge < -0.3 is 9.84 Å². The summed E-state index contributed by atoms with van der Waals surface area (Å²) in [6.07, 6.45) is 5.57. The van der Waals surface area contributed by atoms with Crippen LogP contribution in [0.2, 0.25) is 0 Å². The van der Waals surface area contributed by atoms with E-state index in [4.69, 9.17) is 4.74 Å². The van der Waals surface area contributed by atoms with Crippen molar-refractivity contribution in [3.63, 3.8) is 0 Å². The van der Waals surface area contributed by atoms with Gasteiger partial charge in [0.2, 0.25) is 0 Å². The molecule has 4 atom stereocenters. The van der Waals surface area contributed by atoms with E-state index in [2.05, 4.69) is 0 Å². The molecule has 1 unspecified atom stereocenters. The summed E-state index contributed by atoms with van der Waals surface area (Å²) >= 11 is 0. The number of fused-ring (bicyclic) bond motifs is 1. The Labute approximate surface area is 97.2 Å². The molecule has 0 aromatic carbocycles. The van der Waals surface area contributed by atoms with Gasteiger partial charge in [0.1, 0.15) is 6.10 Å². The molecule has 2 fully saturated rings. The van der Waals surface area contributed by atoms with E-state index >= 15 is 0 Å². The van der Waals surface area contributed by atoms with Gasteiger partial charge in [0.05, 0.1) is 12.0 Å². The first kappa shape index (κ1) is 11.9. The lowest BCUT2D eigenvalue weighted by molar-refractivity contribution is -0.145. The molecular weight excluding hydrogens is 204 g/mol. The third kappa shape index (κ3) is 2.40. The number of rotatable bonds is 3. The molecule has 0 amide bonds. The second-order valence-electron chi connectivity index (χ2n) is 5.66. The van der Waals surface area contributed by atoms with Crippen molar-refractivity contribution >= 4 is 5.97 Å². The van der Waals surface area contributed by atoms with Gasteiger partial charge in [0.25, 0.3) is 0 Å². The highest BCUT2D eigenvalue weighted by Crippen LogP contribution is 2.41. The van der Waals surface area contributed by atoms with Gasteiger partial charge in [0.15, 0.2) is 0 Å². The fourth-order valence-electron chi connectivity index (χ4n) is 3.11. The lowest BCUT2D eigenvalue weighted by Gasteiger charge is -2.36.